The Morgan fingerprint density at radius 3 is 0.985 bits per heavy atom. The van der Waals surface area contributed by atoms with Crippen molar-refractivity contribution in [2.45, 2.75) is 30.1 Å². The molecule has 4 aliphatic rings. The largest absolute Gasteiger partial charge is 0.310 e. The third kappa shape index (κ3) is 4.69. The van der Waals surface area contributed by atoms with Crippen molar-refractivity contribution in [3.05, 3.63) is 292 Å². The molecule has 0 saturated carbocycles. The molecule has 14 rings (SSSR count). The Kier molecular flexibility index (Phi) is 7.66. The van der Waals surface area contributed by atoms with Crippen molar-refractivity contribution in [3.63, 3.8) is 0 Å². The van der Waals surface area contributed by atoms with Gasteiger partial charge < -0.3 is 4.90 Å². The Labute approximate surface area is 387 Å². The molecule has 0 aliphatic heterocycles. The third-order valence-corrected chi connectivity index (χ3v) is 16.1. The monoisotopic (exact) mass is 839 g/mol. The zero-order valence-corrected chi connectivity index (χ0v) is 37.0. The van der Waals surface area contributed by atoms with E-state index in [9.17, 15) is 0 Å². The molecule has 10 aromatic carbocycles. The van der Waals surface area contributed by atoms with Crippen LogP contribution in [0.5, 0.6) is 0 Å². The van der Waals surface area contributed by atoms with Gasteiger partial charge in [-0.15, -0.1) is 0 Å². The first-order valence-electron chi connectivity index (χ1n) is 23.3. The molecule has 0 radical (unpaired) electrons. The summed E-state index contributed by atoms with van der Waals surface area (Å²) in [6.07, 6.45) is 0. The van der Waals surface area contributed by atoms with Gasteiger partial charge in [-0.2, -0.15) is 0 Å². The summed E-state index contributed by atoms with van der Waals surface area (Å²) in [5.41, 5.74) is 26.1. The van der Waals surface area contributed by atoms with Crippen molar-refractivity contribution < 1.29 is 0 Å². The molecule has 0 heterocycles. The number of fused-ring (bicyclic) bond motifs is 16. The maximum atomic E-state index is 2.54. The van der Waals surface area contributed by atoms with Crippen LogP contribution < -0.4 is 4.90 Å². The summed E-state index contributed by atoms with van der Waals surface area (Å²) in [5.74, 6) is 0. The predicted molar refractivity (Wildman–Crippen MR) is 272 cm³/mol. The van der Waals surface area contributed by atoms with Crippen LogP contribution in [0, 0.1) is 0 Å². The highest BCUT2D eigenvalue weighted by molar-refractivity contribution is 5.97. The Hall–Kier alpha value is -8.00. The quantitative estimate of drug-likeness (QED) is 0.167. The maximum absolute atomic E-state index is 2.54. The molecular weight excluding hydrogens is 795 g/mol. The summed E-state index contributed by atoms with van der Waals surface area (Å²) in [6, 6.07) is 89.3. The minimum atomic E-state index is -0.407. The Morgan fingerprint density at radius 1 is 0.242 bits per heavy atom. The van der Waals surface area contributed by atoms with E-state index in [2.05, 4.69) is 255 Å². The fraction of sp³-hybridized carbons (Fsp3) is 0.0769. The molecule has 66 heavy (non-hydrogen) atoms. The maximum Gasteiger partial charge on any atom is 0.0725 e. The number of hydrogen-bond acceptors (Lipinski definition) is 1. The van der Waals surface area contributed by atoms with Gasteiger partial charge in [0.05, 0.1) is 5.41 Å². The number of anilines is 3. The van der Waals surface area contributed by atoms with Gasteiger partial charge in [0, 0.05) is 27.9 Å². The molecule has 2 atom stereocenters. The average molecular weight is 840 g/mol. The van der Waals surface area contributed by atoms with Gasteiger partial charge in [0.15, 0.2) is 0 Å². The van der Waals surface area contributed by atoms with Crippen LogP contribution in [0.25, 0.3) is 44.5 Å². The van der Waals surface area contributed by atoms with Crippen LogP contribution in [0.4, 0.5) is 17.1 Å². The molecule has 0 amide bonds. The Bertz CT molecular complexity index is 3450. The number of nitrogens with zero attached hydrogens (tertiary/aromatic N) is 1. The van der Waals surface area contributed by atoms with Crippen LogP contribution in [-0.2, 0) is 16.2 Å². The molecule has 0 bridgehead atoms. The summed E-state index contributed by atoms with van der Waals surface area (Å²) in [5, 5.41) is 0. The van der Waals surface area contributed by atoms with Crippen molar-refractivity contribution in [1.82, 2.24) is 0 Å². The molecular formula is C65H45N. The van der Waals surface area contributed by atoms with Gasteiger partial charge in [0.25, 0.3) is 0 Å². The van der Waals surface area contributed by atoms with E-state index in [4.69, 9.17) is 0 Å². The molecule has 1 nitrogen and oxygen atoms in total. The number of benzene rings is 10. The minimum absolute atomic E-state index is 0.340. The lowest BCUT2D eigenvalue weighted by molar-refractivity contribution is 0.713. The molecule has 2 unspecified atom stereocenters. The highest BCUT2D eigenvalue weighted by Crippen LogP contribution is 2.64. The van der Waals surface area contributed by atoms with Crippen molar-refractivity contribution in [3.8, 4) is 44.5 Å². The first-order chi connectivity index (χ1) is 32.5. The van der Waals surface area contributed by atoms with Crippen molar-refractivity contribution in [1.29, 1.82) is 0 Å². The van der Waals surface area contributed by atoms with E-state index in [1.54, 1.807) is 0 Å². The SMILES string of the molecule is CC1(c2ccccc2)c2ccccc2-c2ccc(N(c3ccc4c(c3)-c3ccccc3C43c4ccccc4-c4ccccc43)c3ccc4c(c3)C(C)(c3ccccc3)c3ccccc3-4)cc21. The molecule has 0 N–H and O–H groups in total. The van der Waals surface area contributed by atoms with Crippen molar-refractivity contribution in [2.24, 2.45) is 0 Å². The van der Waals surface area contributed by atoms with Gasteiger partial charge in [-0.1, -0.05) is 200 Å². The van der Waals surface area contributed by atoms with Gasteiger partial charge in [0.1, 0.15) is 0 Å². The second kappa shape index (κ2) is 13.5. The zero-order valence-electron chi connectivity index (χ0n) is 37.0. The van der Waals surface area contributed by atoms with E-state index in [0.29, 0.717) is 0 Å². The Morgan fingerprint density at radius 2 is 0.545 bits per heavy atom. The van der Waals surface area contributed by atoms with Crippen LogP contribution in [0.1, 0.15) is 69.5 Å². The van der Waals surface area contributed by atoms with E-state index in [1.807, 2.05) is 0 Å². The van der Waals surface area contributed by atoms with Gasteiger partial charge in [-0.25, -0.2) is 0 Å². The van der Waals surface area contributed by atoms with E-state index < -0.39 is 5.41 Å². The lowest BCUT2D eigenvalue weighted by Gasteiger charge is -2.33. The van der Waals surface area contributed by atoms with Gasteiger partial charge in [-0.3, -0.25) is 0 Å². The normalized spacial score (nSPS) is 18.1. The molecule has 0 aromatic heterocycles. The van der Waals surface area contributed by atoms with E-state index in [0.717, 1.165) is 17.1 Å². The summed E-state index contributed by atoms with van der Waals surface area (Å²) in [4.78, 5) is 2.54. The van der Waals surface area contributed by atoms with Crippen LogP contribution in [0.15, 0.2) is 237 Å². The van der Waals surface area contributed by atoms with Gasteiger partial charge >= 0.3 is 0 Å². The highest BCUT2D eigenvalue weighted by Gasteiger charge is 2.52. The minimum Gasteiger partial charge on any atom is -0.310 e. The number of rotatable bonds is 5. The van der Waals surface area contributed by atoms with Crippen LogP contribution >= 0.6 is 0 Å². The van der Waals surface area contributed by atoms with E-state index in [-0.39, 0.29) is 10.8 Å². The molecule has 0 saturated heterocycles. The summed E-state index contributed by atoms with van der Waals surface area (Å²) >= 11 is 0. The third-order valence-electron chi connectivity index (χ3n) is 16.1. The van der Waals surface area contributed by atoms with E-state index >= 15 is 0 Å². The predicted octanol–water partition coefficient (Wildman–Crippen LogP) is 16.2. The van der Waals surface area contributed by atoms with Crippen molar-refractivity contribution in [2.75, 3.05) is 4.90 Å². The van der Waals surface area contributed by atoms with E-state index in [1.165, 1.54) is 100 Å². The van der Waals surface area contributed by atoms with Crippen molar-refractivity contribution >= 4 is 17.1 Å². The standard InChI is InChI=1S/C65H45N/c1-63(42-19-5-3-6-20-42)55-28-14-9-23-47(55)52-36-33-45(40-61(52)63)66(46-34-37-53-48-24-10-15-29-56(48)64(2,62(53)41-46)43-21-7-4-8-22-43)44-35-38-60-54(39-44)51-27-13-18-32-59(51)65(60)57-30-16-11-25-49(57)50-26-12-17-31-58(50)65/h3-41H,1-2H3. The zero-order chi connectivity index (χ0) is 43.8. The molecule has 4 aliphatic carbocycles. The molecule has 1 spiro atoms. The lowest BCUT2D eigenvalue weighted by atomic mass is 9.70. The van der Waals surface area contributed by atoms with Crippen LogP contribution in [0.2, 0.25) is 0 Å². The first-order valence-corrected chi connectivity index (χ1v) is 23.3. The molecule has 0 fully saturated rings. The topological polar surface area (TPSA) is 3.24 Å². The summed E-state index contributed by atoms with van der Waals surface area (Å²) in [7, 11) is 0. The van der Waals surface area contributed by atoms with Gasteiger partial charge in [0.2, 0.25) is 0 Å². The summed E-state index contributed by atoms with van der Waals surface area (Å²) < 4.78 is 0. The Balaban J connectivity index is 1.03. The van der Waals surface area contributed by atoms with Crippen LogP contribution in [0.3, 0.4) is 0 Å². The highest BCUT2D eigenvalue weighted by atomic mass is 15.1. The molecule has 310 valence electrons. The lowest BCUT2D eigenvalue weighted by Crippen LogP contribution is -2.26. The number of hydrogen-bond donors (Lipinski definition) is 0. The molecule has 1 heteroatoms. The molecule has 10 aromatic rings. The van der Waals surface area contributed by atoms with Gasteiger partial charge in [-0.05, 0) is 150 Å². The second-order valence-electron chi connectivity index (χ2n) is 19.0. The average Bonchev–Trinajstić information content (AvgIpc) is 4.04. The summed E-state index contributed by atoms with van der Waals surface area (Å²) in [6.45, 7) is 4.84. The fourth-order valence-electron chi connectivity index (χ4n) is 13.1. The van der Waals surface area contributed by atoms with Crippen LogP contribution in [-0.4, -0.2) is 0 Å². The fourth-order valence-corrected chi connectivity index (χ4v) is 13.1. The second-order valence-corrected chi connectivity index (χ2v) is 19.0. The first kappa shape index (κ1) is 37.4. The smallest absolute Gasteiger partial charge is 0.0725 e.